The zero-order chi connectivity index (χ0) is 15.8. The number of benzene rings is 1. The zero-order valence-electron chi connectivity index (χ0n) is 12.3. The highest BCUT2D eigenvalue weighted by molar-refractivity contribution is 6.30. The molecule has 0 heterocycles. The van der Waals surface area contributed by atoms with Crippen LogP contribution < -0.4 is 5.32 Å². The summed E-state index contributed by atoms with van der Waals surface area (Å²) in [5, 5.41) is 12.2. The number of halogens is 1. The minimum absolute atomic E-state index is 0.0937. The Morgan fingerprint density at radius 3 is 2.43 bits per heavy atom. The molecule has 0 fully saturated rings. The lowest BCUT2D eigenvalue weighted by molar-refractivity contribution is -0.133. The Labute approximate surface area is 129 Å². The first-order valence-corrected chi connectivity index (χ1v) is 7.33. The molecule has 0 aliphatic heterocycles. The van der Waals surface area contributed by atoms with E-state index in [0.29, 0.717) is 17.1 Å². The molecule has 21 heavy (non-hydrogen) atoms. The fraction of sp³-hybridized carbons (Fsp3) is 0.467. The normalized spacial score (nSPS) is 11.8. The van der Waals surface area contributed by atoms with Crippen LogP contribution in [0.3, 0.4) is 0 Å². The van der Waals surface area contributed by atoms with Crippen LogP contribution in [0.25, 0.3) is 0 Å². The summed E-state index contributed by atoms with van der Waals surface area (Å²) in [5.41, 5.74) is 0.447. The molecule has 1 rings (SSSR count). The van der Waals surface area contributed by atoms with Gasteiger partial charge in [-0.2, -0.15) is 0 Å². The average Bonchev–Trinajstić information content (AvgIpc) is 2.46. The van der Waals surface area contributed by atoms with E-state index in [-0.39, 0.29) is 25.0 Å². The minimum atomic E-state index is -0.647. The third-order valence-corrected chi connectivity index (χ3v) is 3.25. The van der Waals surface area contributed by atoms with Crippen molar-refractivity contribution in [3.05, 3.63) is 34.9 Å². The van der Waals surface area contributed by atoms with Gasteiger partial charge in [-0.05, 0) is 37.6 Å². The number of aliphatic hydroxyl groups excluding tert-OH is 1. The quantitative estimate of drug-likeness (QED) is 0.805. The monoisotopic (exact) mass is 312 g/mol. The fourth-order valence-electron chi connectivity index (χ4n) is 1.94. The van der Waals surface area contributed by atoms with Crippen molar-refractivity contribution in [3.63, 3.8) is 0 Å². The summed E-state index contributed by atoms with van der Waals surface area (Å²) in [6, 6.07) is 5.81. The molecule has 1 atom stereocenters. The number of carbonyl (C=O) groups is 2. The van der Waals surface area contributed by atoms with Crippen molar-refractivity contribution in [2.24, 2.45) is 0 Å². The molecule has 0 radical (unpaired) electrons. The molecule has 1 aromatic carbocycles. The number of nitrogens with zero attached hydrogens (tertiary/aromatic N) is 1. The molecule has 2 N–H and O–H groups in total. The van der Waals surface area contributed by atoms with Gasteiger partial charge >= 0.3 is 0 Å². The van der Waals surface area contributed by atoms with Gasteiger partial charge < -0.3 is 15.3 Å². The van der Waals surface area contributed by atoms with Crippen LogP contribution in [0.15, 0.2) is 24.3 Å². The summed E-state index contributed by atoms with van der Waals surface area (Å²) in [7, 11) is 0. The predicted molar refractivity (Wildman–Crippen MR) is 82.3 cm³/mol. The van der Waals surface area contributed by atoms with Crippen molar-refractivity contribution in [3.8, 4) is 0 Å². The SMILES string of the molecule is CCCN(CCO)C(=O)C(C)NC(=O)c1ccc(Cl)cc1. The lowest BCUT2D eigenvalue weighted by atomic mass is 10.2. The van der Waals surface area contributed by atoms with Crippen LogP contribution in [-0.4, -0.2) is 47.6 Å². The maximum Gasteiger partial charge on any atom is 0.251 e. The Balaban J connectivity index is 2.65. The van der Waals surface area contributed by atoms with Crippen molar-refractivity contribution in [1.82, 2.24) is 10.2 Å². The van der Waals surface area contributed by atoms with E-state index in [1.807, 2.05) is 6.92 Å². The molecular weight excluding hydrogens is 292 g/mol. The third-order valence-electron chi connectivity index (χ3n) is 3.00. The van der Waals surface area contributed by atoms with E-state index >= 15 is 0 Å². The maximum atomic E-state index is 12.2. The molecule has 0 spiro atoms. The van der Waals surface area contributed by atoms with Crippen LogP contribution >= 0.6 is 11.6 Å². The summed E-state index contributed by atoms with van der Waals surface area (Å²) in [6.45, 7) is 4.32. The number of amides is 2. The topological polar surface area (TPSA) is 69.6 Å². The summed E-state index contributed by atoms with van der Waals surface area (Å²) in [4.78, 5) is 25.8. The maximum absolute atomic E-state index is 12.2. The summed E-state index contributed by atoms with van der Waals surface area (Å²) in [6.07, 6.45) is 0.795. The Morgan fingerprint density at radius 1 is 1.29 bits per heavy atom. The van der Waals surface area contributed by atoms with Crippen LogP contribution in [0, 0.1) is 0 Å². The van der Waals surface area contributed by atoms with Gasteiger partial charge in [0.15, 0.2) is 0 Å². The van der Waals surface area contributed by atoms with E-state index in [1.165, 1.54) is 0 Å². The highest BCUT2D eigenvalue weighted by Crippen LogP contribution is 2.09. The van der Waals surface area contributed by atoms with Gasteiger partial charge in [-0.3, -0.25) is 9.59 Å². The summed E-state index contributed by atoms with van der Waals surface area (Å²) >= 11 is 5.77. The van der Waals surface area contributed by atoms with E-state index in [1.54, 1.807) is 36.1 Å². The van der Waals surface area contributed by atoms with Crippen LogP contribution in [0.4, 0.5) is 0 Å². The van der Waals surface area contributed by atoms with Gasteiger partial charge in [-0.25, -0.2) is 0 Å². The lowest BCUT2D eigenvalue weighted by Gasteiger charge is -2.25. The molecule has 0 aliphatic rings. The average molecular weight is 313 g/mol. The van der Waals surface area contributed by atoms with Gasteiger partial charge in [0.05, 0.1) is 6.61 Å². The smallest absolute Gasteiger partial charge is 0.251 e. The van der Waals surface area contributed by atoms with E-state index in [0.717, 1.165) is 6.42 Å². The number of carbonyl (C=O) groups excluding carboxylic acids is 2. The fourth-order valence-corrected chi connectivity index (χ4v) is 2.07. The second-order valence-electron chi connectivity index (χ2n) is 4.75. The Bertz CT molecular complexity index is 470. The molecule has 116 valence electrons. The van der Waals surface area contributed by atoms with Crippen LogP contribution in [-0.2, 0) is 4.79 Å². The van der Waals surface area contributed by atoms with Crippen molar-refractivity contribution >= 4 is 23.4 Å². The molecule has 0 aromatic heterocycles. The van der Waals surface area contributed by atoms with Crippen molar-refractivity contribution in [2.45, 2.75) is 26.3 Å². The molecule has 0 bridgehead atoms. The third kappa shape index (κ3) is 5.36. The van der Waals surface area contributed by atoms with Gasteiger partial charge in [-0.15, -0.1) is 0 Å². The van der Waals surface area contributed by atoms with E-state index in [4.69, 9.17) is 16.7 Å². The van der Waals surface area contributed by atoms with Crippen LogP contribution in [0.5, 0.6) is 0 Å². The van der Waals surface area contributed by atoms with E-state index in [2.05, 4.69) is 5.32 Å². The Hall–Kier alpha value is -1.59. The number of hydrogen-bond donors (Lipinski definition) is 2. The Morgan fingerprint density at radius 2 is 1.90 bits per heavy atom. The van der Waals surface area contributed by atoms with Crippen molar-refractivity contribution < 1.29 is 14.7 Å². The zero-order valence-corrected chi connectivity index (χ0v) is 13.1. The molecule has 0 saturated heterocycles. The molecule has 5 nitrogen and oxygen atoms in total. The number of rotatable bonds is 7. The molecule has 6 heteroatoms. The van der Waals surface area contributed by atoms with E-state index in [9.17, 15) is 9.59 Å². The molecule has 1 unspecified atom stereocenters. The predicted octanol–water partition coefficient (Wildman–Crippen LogP) is 1.69. The standard InChI is InChI=1S/C15H21ClN2O3/c1-3-8-18(9-10-19)15(21)11(2)17-14(20)12-4-6-13(16)7-5-12/h4-7,11,19H,3,8-10H2,1-2H3,(H,17,20). The molecule has 0 aliphatic carbocycles. The van der Waals surface area contributed by atoms with Gasteiger partial charge in [0.2, 0.25) is 5.91 Å². The first-order chi connectivity index (χ1) is 9.99. The van der Waals surface area contributed by atoms with E-state index < -0.39 is 6.04 Å². The molecule has 2 amide bonds. The summed E-state index contributed by atoms with van der Waals surface area (Å²) < 4.78 is 0. The van der Waals surface area contributed by atoms with Gasteiger partial charge in [0.1, 0.15) is 6.04 Å². The second kappa shape index (κ2) is 8.64. The lowest BCUT2D eigenvalue weighted by Crippen LogP contribution is -2.48. The van der Waals surface area contributed by atoms with Crippen molar-refractivity contribution in [2.75, 3.05) is 19.7 Å². The van der Waals surface area contributed by atoms with Crippen LogP contribution in [0.1, 0.15) is 30.6 Å². The van der Waals surface area contributed by atoms with Gasteiger partial charge in [0.25, 0.3) is 5.91 Å². The molecular formula is C15H21ClN2O3. The first kappa shape index (κ1) is 17.5. The highest BCUT2D eigenvalue weighted by atomic mass is 35.5. The Kier molecular flexibility index (Phi) is 7.19. The van der Waals surface area contributed by atoms with Gasteiger partial charge in [0, 0.05) is 23.7 Å². The number of nitrogens with one attached hydrogen (secondary N) is 1. The first-order valence-electron chi connectivity index (χ1n) is 6.95. The highest BCUT2D eigenvalue weighted by Gasteiger charge is 2.21. The molecule has 0 saturated carbocycles. The summed E-state index contributed by atoms with van der Waals surface area (Å²) in [5.74, 6) is -0.527. The second-order valence-corrected chi connectivity index (χ2v) is 5.19. The van der Waals surface area contributed by atoms with Crippen molar-refractivity contribution in [1.29, 1.82) is 0 Å². The molecule has 1 aromatic rings. The van der Waals surface area contributed by atoms with Gasteiger partial charge in [-0.1, -0.05) is 18.5 Å². The number of aliphatic hydroxyl groups is 1. The minimum Gasteiger partial charge on any atom is -0.395 e. The largest absolute Gasteiger partial charge is 0.395 e. The van der Waals surface area contributed by atoms with Crippen LogP contribution in [0.2, 0.25) is 5.02 Å². The number of hydrogen-bond acceptors (Lipinski definition) is 3.